The van der Waals surface area contributed by atoms with Crippen LogP contribution in [0.15, 0.2) is 53.4 Å². The molecular formula is C19H20F3N2O6S+. The van der Waals surface area contributed by atoms with Crippen LogP contribution >= 0.6 is 0 Å². The number of ether oxygens (including phenoxy) is 2. The smallest absolute Gasteiger partial charge is 0.459 e. The highest BCUT2D eigenvalue weighted by molar-refractivity contribution is 7.93. The van der Waals surface area contributed by atoms with Crippen LogP contribution in [0.2, 0.25) is 0 Å². The Hall–Kier alpha value is -2.99. The first-order valence-electron chi connectivity index (χ1n) is 9.13. The monoisotopic (exact) mass is 461 g/mol. The van der Waals surface area contributed by atoms with E-state index in [0.29, 0.717) is 13.1 Å². The third kappa shape index (κ3) is 4.85. The van der Waals surface area contributed by atoms with E-state index >= 15 is 0 Å². The summed E-state index contributed by atoms with van der Waals surface area (Å²) in [6, 6.07) is 10.1. The Balaban J connectivity index is 1.79. The van der Waals surface area contributed by atoms with E-state index in [1.54, 1.807) is 5.16 Å². The van der Waals surface area contributed by atoms with Crippen LogP contribution in [0.5, 0.6) is 17.2 Å². The second-order valence-corrected chi connectivity index (χ2v) is 9.06. The zero-order valence-corrected chi connectivity index (χ0v) is 16.8. The fourth-order valence-electron chi connectivity index (χ4n) is 3.32. The Bertz CT molecular complexity index is 1030. The number of rotatable bonds is 6. The maximum absolute atomic E-state index is 13.2. The molecule has 0 radical (unpaired) electrons. The summed E-state index contributed by atoms with van der Waals surface area (Å²) in [5.41, 5.74) is 0. The van der Waals surface area contributed by atoms with E-state index < -0.39 is 32.6 Å². The summed E-state index contributed by atoms with van der Waals surface area (Å²) < 4.78 is 70.7. The van der Waals surface area contributed by atoms with Crippen LogP contribution < -0.4 is 19.9 Å². The van der Waals surface area contributed by atoms with Gasteiger partial charge in [-0.3, -0.25) is 5.21 Å². The minimum Gasteiger partial charge on any atom is -0.459 e. The number of aliphatic hydroxyl groups excluding tert-OH is 1. The van der Waals surface area contributed by atoms with E-state index in [2.05, 4.69) is 10.1 Å². The molecule has 1 fully saturated rings. The van der Waals surface area contributed by atoms with Crippen molar-refractivity contribution in [3.63, 3.8) is 0 Å². The molecule has 0 bridgehead atoms. The first-order chi connectivity index (χ1) is 14.6. The third-order valence-electron chi connectivity index (χ3n) is 4.89. The number of benzene rings is 2. The van der Waals surface area contributed by atoms with Crippen LogP contribution in [0, 0.1) is 0 Å². The van der Waals surface area contributed by atoms with Crippen LogP contribution in [0.1, 0.15) is 12.8 Å². The number of hydrogen-bond donors (Lipinski definition) is 4. The van der Waals surface area contributed by atoms with Gasteiger partial charge in [0.05, 0.1) is 4.90 Å². The van der Waals surface area contributed by atoms with Crippen LogP contribution in [-0.4, -0.2) is 48.8 Å². The van der Waals surface area contributed by atoms with Gasteiger partial charge in [-0.2, -0.15) is 0 Å². The van der Waals surface area contributed by atoms with Gasteiger partial charge < -0.3 is 19.9 Å². The number of sulfone groups is 1. The van der Waals surface area contributed by atoms with Gasteiger partial charge in [0.15, 0.2) is 9.84 Å². The summed E-state index contributed by atoms with van der Waals surface area (Å²) >= 11 is 0. The molecule has 168 valence electrons. The zero-order chi connectivity index (χ0) is 22.7. The number of hydrogen-bond acceptors (Lipinski definition) is 6. The first kappa shape index (κ1) is 22.7. The Morgan fingerprint density at radius 1 is 0.968 bits per heavy atom. The summed E-state index contributed by atoms with van der Waals surface area (Å²) in [5, 5.41) is 23.8. The Morgan fingerprint density at radius 3 is 1.94 bits per heavy atom. The molecule has 0 atom stereocenters. The van der Waals surface area contributed by atoms with Crippen molar-refractivity contribution in [2.24, 2.45) is 0 Å². The fraction of sp³-hybridized carbons (Fsp3) is 0.316. The van der Waals surface area contributed by atoms with Crippen LogP contribution in [0.25, 0.3) is 0 Å². The molecular weight excluding hydrogens is 441 g/mol. The first-order valence-corrected chi connectivity index (χ1v) is 10.6. The molecule has 1 aliphatic heterocycles. The van der Waals surface area contributed by atoms with Crippen molar-refractivity contribution < 1.29 is 46.5 Å². The van der Waals surface area contributed by atoms with Gasteiger partial charge in [-0.25, -0.2) is 8.42 Å². The van der Waals surface area contributed by atoms with Gasteiger partial charge in [-0.15, -0.1) is 13.2 Å². The average molecular weight is 461 g/mol. The number of alkyl halides is 3. The fourth-order valence-corrected chi connectivity index (χ4v) is 5.31. The average Bonchev–Trinajstić information content (AvgIpc) is 2.74. The molecule has 8 nitrogen and oxygen atoms in total. The molecule has 12 heteroatoms. The highest BCUT2D eigenvalue weighted by Crippen LogP contribution is 2.35. The van der Waals surface area contributed by atoms with Crippen molar-refractivity contribution >= 4 is 15.7 Å². The van der Waals surface area contributed by atoms with Crippen molar-refractivity contribution in [1.29, 1.82) is 0 Å². The number of piperidine rings is 1. The molecule has 3 rings (SSSR count). The highest BCUT2D eigenvalue weighted by Gasteiger charge is 2.54. The summed E-state index contributed by atoms with van der Waals surface area (Å²) in [5.74, 6) is -0.677. The van der Waals surface area contributed by atoms with Crippen molar-refractivity contribution in [3.8, 4) is 17.2 Å². The van der Waals surface area contributed by atoms with E-state index in [4.69, 9.17) is 9.94 Å². The molecule has 0 saturated carbocycles. The molecule has 0 aliphatic carbocycles. The minimum absolute atomic E-state index is 0.0549. The molecule has 1 saturated heterocycles. The van der Waals surface area contributed by atoms with Gasteiger partial charge in [0.2, 0.25) is 4.75 Å². The summed E-state index contributed by atoms with van der Waals surface area (Å²) in [4.78, 5) is -0.0857. The third-order valence-corrected chi connectivity index (χ3v) is 7.41. The van der Waals surface area contributed by atoms with Gasteiger partial charge in [-0.05, 0) is 79.6 Å². The number of aliphatic hydroxyl groups is 1. The molecule has 1 heterocycles. The Labute approximate surface area is 175 Å². The van der Waals surface area contributed by atoms with Crippen LogP contribution in [0.4, 0.5) is 13.2 Å². The molecule has 31 heavy (non-hydrogen) atoms. The van der Waals surface area contributed by atoms with Gasteiger partial charge >= 0.3 is 12.3 Å². The van der Waals surface area contributed by atoms with Crippen LogP contribution in [-0.2, 0) is 9.84 Å². The predicted molar refractivity (Wildman–Crippen MR) is 102 cm³/mol. The maximum atomic E-state index is 13.2. The van der Waals surface area contributed by atoms with Gasteiger partial charge in [-0.1, -0.05) is 0 Å². The van der Waals surface area contributed by atoms with Gasteiger partial charge in [0, 0.05) is 0 Å². The SMILES string of the molecule is O=S(=O)(c1ccc(Oc2ccc(OC(F)(F)F)cc2)cc1)C1(C(O)=[NH+]O)CCNCC1. The van der Waals surface area contributed by atoms with Crippen molar-refractivity contribution in [3.05, 3.63) is 48.5 Å². The predicted octanol–water partition coefficient (Wildman–Crippen LogP) is 1.70. The number of nitrogens with one attached hydrogen (secondary N) is 2. The maximum Gasteiger partial charge on any atom is 0.573 e. The lowest BCUT2D eigenvalue weighted by Gasteiger charge is -2.31. The van der Waals surface area contributed by atoms with Gasteiger partial charge in [0.25, 0.3) is 0 Å². The van der Waals surface area contributed by atoms with Gasteiger partial charge in [0.1, 0.15) is 17.2 Å². The molecule has 0 amide bonds. The summed E-state index contributed by atoms with van der Waals surface area (Å²) in [7, 11) is -4.08. The quantitative estimate of drug-likeness (QED) is 0.224. The molecule has 0 spiro atoms. The minimum atomic E-state index is -4.80. The lowest BCUT2D eigenvalue weighted by Crippen LogP contribution is -2.76. The normalized spacial score (nSPS) is 17.2. The van der Waals surface area contributed by atoms with Crippen molar-refractivity contribution in [2.45, 2.75) is 28.8 Å². The highest BCUT2D eigenvalue weighted by atomic mass is 32.2. The van der Waals surface area contributed by atoms with Crippen molar-refractivity contribution in [1.82, 2.24) is 5.32 Å². The lowest BCUT2D eigenvalue weighted by atomic mass is 9.97. The summed E-state index contributed by atoms with van der Waals surface area (Å²) in [6.45, 7) is 0.667. The molecule has 4 N–H and O–H groups in total. The molecule has 1 aliphatic rings. The Morgan fingerprint density at radius 2 is 1.45 bits per heavy atom. The molecule has 2 aromatic carbocycles. The van der Waals surface area contributed by atoms with Crippen molar-refractivity contribution in [2.75, 3.05) is 13.1 Å². The van der Waals surface area contributed by atoms with E-state index in [1.807, 2.05) is 0 Å². The topological polar surface area (TPSA) is 119 Å². The number of halogens is 3. The van der Waals surface area contributed by atoms with E-state index in [1.165, 1.54) is 36.4 Å². The lowest BCUT2D eigenvalue weighted by molar-refractivity contribution is -0.743. The molecule has 2 aromatic rings. The summed E-state index contributed by atoms with van der Waals surface area (Å²) in [6.07, 6.45) is -4.69. The molecule has 0 unspecified atom stereocenters. The molecule has 0 aromatic heterocycles. The second kappa shape index (κ2) is 8.63. The zero-order valence-electron chi connectivity index (χ0n) is 16.0. The van der Waals surface area contributed by atoms with E-state index in [0.717, 1.165) is 12.1 Å². The van der Waals surface area contributed by atoms with E-state index in [-0.39, 0.29) is 29.2 Å². The van der Waals surface area contributed by atoms with Crippen LogP contribution in [0.3, 0.4) is 0 Å². The second-order valence-electron chi connectivity index (χ2n) is 6.80. The standard InChI is InChI=1S/C19H19F3N2O6S/c20-19(21,22)30-15-3-1-13(2-4-15)29-14-5-7-16(8-6-14)31(27,28)18(17(25)24-26)9-11-23-12-10-18/h1-8,23,26H,9-12H2,(H,24,25)/p+1. The van der Waals surface area contributed by atoms with E-state index in [9.17, 15) is 26.7 Å². The Kier molecular flexibility index (Phi) is 6.32. The largest absolute Gasteiger partial charge is 0.573 e.